The van der Waals surface area contributed by atoms with Crippen LogP contribution in [0.2, 0.25) is 0 Å². The van der Waals surface area contributed by atoms with Crippen LogP contribution in [0, 0.1) is 5.82 Å². The number of fused-ring (bicyclic) bond motifs is 1. The second kappa shape index (κ2) is 7.23. The van der Waals surface area contributed by atoms with E-state index in [1.165, 1.54) is 35.6 Å². The lowest BCUT2D eigenvalue weighted by atomic mass is 9.95. The number of ether oxygens (including phenoxy) is 1. The maximum Gasteiger partial charge on any atom is 0.265 e. The molecular formula is C18H19FN2O3S. The number of halogens is 1. The van der Waals surface area contributed by atoms with E-state index in [-0.39, 0.29) is 11.7 Å². The van der Waals surface area contributed by atoms with Gasteiger partial charge < -0.3 is 15.8 Å². The van der Waals surface area contributed by atoms with Gasteiger partial charge in [0.25, 0.3) is 11.8 Å². The van der Waals surface area contributed by atoms with Crippen molar-refractivity contribution in [3.8, 4) is 5.75 Å². The minimum absolute atomic E-state index is 0.375. The molecule has 5 nitrogen and oxygen atoms in total. The van der Waals surface area contributed by atoms with E-state index in [0.717, 1.165) is 36.1 Å². The fraction of sp³-hybridized carbons (Fsp3) is 0.333. The SMILES string of the molecule is C[C@H](Oc1ccc(F)cc1)C(=O)Nc1sc2c(c1C(N)=O)CCCC2. The molecule has 0 saturated heterocycles. The maximum atomic E-state index is 12.9. The van der Waals surface area contributed by atoms with E-state index in [1.54, 1.807) is 6.92 Å². The summed E-state index contributed by atoms with van der Waals surface area (Å²) in [6.45, 7) is 1.59. The first kappa shape index (κ1) is 17.4. The molecule has 2 aromatic rings. The zero-order valence-corrected chi connectivity index (χ0v) is 14.6. The predicted octanol–water partition coefficient (Wildman–Crippen LogP) is 3.27. The van der Waals surface area contributed by atoms with E-state index in [1.807, 2.05) is 0 Å². The lowest BCUT2D eigenvalue weighted by molar-refractivity contribution is -0.122. The summed E-state index contributed by atoms with van der Waals surface area (Å²) in [5.74, 6) is -0.892. The first-order chi connectivity index (χ1) is 12.0. The smallest absolute Gasteiger partial charge is 0.265 e. The van der Waals surface area contributed by atoms with E-state index in [9.17, 15) is 14.0 Å². The van der Waals surface area contributed by atoms with Crippen LogP contribution >= 0.6 is 11.3 Å². The third-order valence-electron chi connectivity index (χ3n) is 4.15. The molecule has 0 unspecified atom stereocenters. The van der Waals surface area contributed by atoms with Gasteiger partial charge in [0, 0.05) is 4.88 Å². The Morgan fingerprint density at radius 1 is 1.24 bits per heavy atom. The molecule has 2 amide bonds. The number of hydrogen-bond donors (Lipinski definition) is 2. The van der Waals surface area contributed by atoms with Crippen LogP contribution in [0.4, 0.5) is 9.39 Å². The van der Waals surface area contributed by atoms with Gasteiger partial charge in [0.1, 0.15) is 16.6 Å². The van der Waals surface area contributed by atoms with Gasteiger partial charge >= 0.3 is 0 Å². The topological polar surface area (TPSA) is 81.4 Å². The number of aryl methyl sites for hydroxylation is 1. The van der Waals surface area contributed by atoms with Crippen molar-refractivity contribution in [1.82, 2.24) is 0 Å². The standard InChI is InChI=1S/C18H19FN2O3S/c1-10(24-12-8-6-11(19)7-9-12)17(23)21-18-15(16(20)22)13-4-2-3-5-14(13)25-18/h6-10H,2-5H2,1H3,(H2,20,22)(H,21,23)/t10-/m0/s1. The van der Waals surface area contributed by atoms with Crippen LogP contribution in [0.15, 0.2) is 24.3 Å². The van der Waals surface area contributed by atoms with Gasteiger partial charge in [0.2, 0.25) is 0 Å². The van der Waals surface area contributed by atoms with E-state index in [2.05, 4.69) is 5.32 Å². The molecule has 25 heavy (non-hydrogen) atoms. The third-order valence-corrected chi connectivity index (χ3v) is 5.36. The number of benzene rings is 1. The number of nitrogens with one attached hydrogen (secondary N) is 1. The lowest BCUT2D eigenvalue weighted by Gasteiger charge is -2.14. The maximum absolute atomic E-state index is 12.9. The third kappa shape index (κ3) is 3.82. The van der Waals surface area contributed by atoms with Crippen molar-refractivity contribution >= 4 is 28.2 Å². The fourth-order valence-corrected chi connectivity index (χ4v) is 4.20. The number of rotatable bonds is 5. The first-order valence-electron chi connectivity index (χ1n) is 8.13. The second-order valence-corrected chi connectivity index (χ2v) is 7.09. The van der Waals surface area contributed by atoms with Crippen molar-refractivity contribution < 1.29 is 18.7 Å². The van der Waals surface area contributed by atoms with Crippen LogP contribution in [-0.2, 0) is 17.6 Å². The molecule has 0 saturated carbocycles. The highest BCUT2D eigenvalue weighted by Crippen LogP contribution is 2.38. The minimum Gasteiger partial charge on any atom is -0.481 e. The van der Waals surface area contributed by atoms with Crippen LogP contribution < -0.4 is 15.8 Å². The van der Waals surface area contributed by atoms with Crippen LogP contribution in [0.3, 0.4) is 0 Å². The number of amides is 2. The van der Waals surface area contributed by atoms with E-state index < -0.39 is 12.0 Å². The molecule has 3 N–H and O–H groups in total. The van der Waals surface area contributed by atoms with Gasteiger partial charge in [-0.15, -0.1) is 11.3 Å². The minimum atomic E-state index is -0.801. The highest BCUT2D eigenvalue weighted by atomic mass is 32.1. The number of carbonyl (C=O) groups excluding carboxylic acids is 2. The summed E-state index contributed by atoms with van der Waals surface area (Å²) in [6.07, 6.45) is 3.00. The van der Waals surface area contributed by atoms with Crippen LogP contribution in [0.25, 0.3) is 0 Å². The number of anilines is 1. The number of carbonyl (C=O) groups is 2. The van der Waals surface area contributed by atoms with Crippen molar-refractivity contribution in [2.24, 2.45) is 5.73 Å². The molecule has 1 aliphatic carbocycles. The molecule has 7 heteroatoms. The molecule has 0 spiro atoms. The number of nitrogens with two attached hydrogens (primary N) is 1. The van der Waals surface area contributed by atoms with Gasteiger partial charge in [-0.3, -0.25) is 9.59 Å². The van der Waals surface area contributed by atoms with Gasteiger partial charge in [-0.2, -0.15) is 0 Å². The molecule has 1 aliphatic rings. The van der Waals surface area contributed by atoms with E-state index >= 15 is 0 Å². The van der Waals surface area contributed by atoms with Gasteiger partial charge in [-0.1, -0.05) is 0 Å². The molecular weight excluding hydrogens is 343 g/mol. The van der Waals surface area contributed by atoms with Crippen molar-refractivity contribution in [3.63, 3.8) is 0 Å². The van der Waals surface area contributed by atoms with Gasteiger partial charge in [-0.05, 0) is 62.4 Å². The Bertz CT molecular complexity index is 801. The number of primary amides is 1. The first-order valence-corrected chi connectivity index (χ1v) is 8.94. The molecule has 0 fully saturated rings. The molecule has 1 atom stereocenters. The fourth-order valence-electron chi connectivity index (χ4n) is 2.90. The van der Waals surface area contributed by atoms with E-state index in [0.29, 0.717) is 16.3 Å². The average Bonchev–Trinajstić information content (AvgIpc) is 2.94. The Morgan fingerprint density at radius 3 is 2.60 bits per heavy atom. The Kier molecular flexibility index (Phi) is 5.03. The summed E-state index contributed by atoms with van der Waals surface area (Å²) in [5, 5.41) is 3.25. The Labute approximate surface area is 149 Å². The molecule has 1 aromatic carbocycles. The zero-order valence-electron chi connectivity index (χ0n) is 13.8. The highest BCUT2D eigenvalue weighted by molar-refractivity contribution is 7.17. The monoisotopic (exact) mass is 362 g/mol. The zero-order chi connectivity index (χ0) is 18.0. The molecule has 3 rings (SSSR count). The van der Waals surface area contributed by atoms with Gasteiger partial charge in [0.05, 0.1) is 5.56 Å². The Hall–Kier alpha value is -2.41. The quantitative estimate of drug-likeness (QED) is 0.856. The number of hydrogen-bond acceptors (Lipinski definition) is 4. The van der Waals surface area contributed by atoms with Crippen LogP contribution in [0.5, 0.6) is 5.75 Å². The molecule has 1 aromatic heterocycles. The highest BCUT2D eigenvalue weighted by Gasteiger charge is 2.26. The normalized spacial score (nSPS) is 14.5. The average molecular weight is 362 g/mol. The van der Waals surface area contributed by atoms with Gasteiger partial charge in [-0.25, -0.2) is 4.39 Å². The summed E-state index contributed by atoms with van der Waals surface area (Å²) < 4.78 is 18.4. The molecule has 0 bridgehead atoms. The molecule has 132 valence electrons. The van der Waals surface area contributed by atoms with Crippen LogP contribution in [-0.4, -0.2) is 17.9 Å². The predicted molar refractivity (Wildman–Crippen MR) is 94.6 cm³/mol. The summed E-state index contributed by atoms with van der Waals surface area (Å²) in [4.78, 5) is 25.4. The molecule has 1 heterocycles. The largest absolute Gasteiger partial charge is 0.481 e. The number of thiophene rings is 1. The molecule has 0 radical (unpaired) electrons. The van der Waals surface area contributed by atoms with E-state index in [4.69, 9.17) is 10.5 Å². The summed E-state index contributed by atoms with van der Waals surface area (Å²) in [6, 6.07) is 5.44. The summed E-state index contributed by atoms with van der Waals surface area (Å²) in [7, 11) is 0. The second-order valence-electron chi connectivity index (χ2n) is 5.98. The summed E-state index contributed by atoms with van der Waals surface area (Å²) >= 11 is 1.41. The Morgan fingerprint density at radius 2 is 1.92 bits per heavy atom. The Balaban J connectivity index is 1.75. The van der Waals surface area contributed by atoms with Crippen molar-refractivity contribution in [3.05, 3.63) is 46.1 Å². The van der Waals surface area contributed by atoms with Crippen molar-refractivity contribution in [2.75, 3.05) is 5.32 Å². The van der Waals surface area contributed by atoms with Crippen molar-refractivity contribution in [1.29, 1.82) is 0 Å². The molecule has 0 aliphatic heterocycles. The lowest BCUT2D eigenvalue weighted by Crippen LogP contribution is -2.30. The van der Waals surface area contributed by atoms with Gasteiger partial charge in [0.15, 0.2) is 6.10 Å². The van der Waals surface area contributed by atoms with Crippen LogP contribution in [0.1, 0.15) is 40.6 Å². The van der Waals surface area contributed by atoms with Crippen molar-refractivity contribution in [2.45, 2.75) is 38.7 Å². The summed E-state index contributed by atoms with van der Waals surface area (Å²) in [5.41, 5.74) is 6.90.